The van der Waals surface area contributed by atoms with Gasteiger partial charge in [0.2, 0.25) is 0 Å². The Kier molecular flexibility index (Phi) is 8.88. The van der Waals surface area contributed by atoms with Gasteiger partial charge >= 0.3 is 0 Å². The van der Waals surface area contributed by atoms with E-state index in [1.165, 1.54) is 27.9 Å². The molecule has 0 aromatic heterocycles. The quantitative estimate of drug-likeness (QED) is 0.314. The van der Waals surface area contributed by atoms with E-state index < -0.39 is 0 Å². The molecule has 0 N–H and O–H groups in total. The van der Waals surface area contributed by atoms with E-state index in [2.05, 4.69) is 80.7 Å². The second-order valence-corrected chi connectivity index (χ2v) is 8.78. The zero-order valence-corrected chi connectivity index (χ0v) is 19.3. The van der Waals surface area contributed by atoms with Gasteiger partial charge in [-0.05, 0) is 97.4 Å². The number of hydrogen-bond acceptors (Lipinski definition) is 1. The smallest absolute Gasteiger partial charge is 0.167 e. The van der Waals surface area contributed by atoms with Crippen LogP contribution in [-0.2, 0) is 6.42 Å². The van der Waals surface area contributed by atoms with Crippen molar-refractivity contribution in [1.29, 1.82) is 0 Å². The maximum atomic E-state index is 13.1. The van der Waals surface area contributed by atoms with Crippen molar-refractivity contribution < 1.29 is 4.79 Å². The van der Waals surface area contributed by atoms with Gasteiger partial charge in [-0.25, -0.2) is 0 Å². The third kappa shape index (κ3) is 7.11. The Balaban J connectivity index is 3.08. The Morgan fingerprint density at radius 1 is 0.750 bits per heavy atom. The average molecular weight is 379 g/mol. The Morgan fingerprint density at radius 3 is 1.71 bits per heavy atom. The SMILES string of the molecule is C=C(CC(=O)c1cc(C)c(C)cc1CC(=C)CC(C)=C(C)C)CC(C)=C(C)C. The maximum Gasteiger partial charge on any atom is 0.167 e. The summed E-state index contributed by atoms with van der Waals surface area (Å²) in [6.45, 7) is 25.3. The second kappa shape index (κ2) is 10.4. The van der Waals surface area contributed by atoms with Gasteiger partial charge in [0.05, 0.1) is 0 Å². The van der Waals surface area contributed by atoms with Crippen LogP contribution in [0.2, 0.25) is 0 Å². The molecule has 0 heterocycles. The highest BCUT2D eigenvalue weighted by atomic mass is 16.1. The molecule has 152 valence electrons. The van der Waals surface area contributed by atoms with Crippen molar-refractivity contribution >= 4 is 5.78 Å². The van der Waals surface area contributed by atoms with Crippen molar-refractivity contribution in [1.82, 2.24) is 0 Å². The highest BCUT2D eigenvalue weighted by Gasteiger charge is 2.16. The van der Waals surface area contributed by atoms with Gasteiger partial charge in [-0.1, -0.05) is 52.7 Å². The summed E-state index contributed by atoms with van der Waals surface area (Å²) < 4.78 is 0. The first kappa shape index (κ1) is 23.9. The molecule has 0 radical (unpaired) electrons. The maximum absolute atomic E-state index is 13.1. The summed E-state index contributed by atoms with van der Waals surface area (Å²) in [6.07, 6.45) is 2.82. The number of Topliss-reactive ketones (excluding diaryl/α,β-unsaturated/α-hetero) is 1. The first-order valence-electron chi connectivity index (χ1n) is 10.1. The minimum atomic E-state index is 0.163. The van der Waals surface area contributed by atoms with E-state index in [1.807, 2.05) is 0 Å². The lowest BCUT2D eigenvalue weighted by atomic mass is 9.89. The molecule has 1 heteroatoms. The third-order valence-electron chi connectivity index (χ3n) is 5.61. The summed E-state index contributed by atoms with van der Waals surface area (Å²) in [5.41, 5.74) is 11.7. The standard InChI is InChI=1S/C27H38O/c1-17(2)21(7)11-19(5)13-25-15-23(9)24(10)16-26(25)27(28)14-20(6)12-22(8)18(3)4/h15-16H,5-6,11-14H2,1-4,7-10H3. The highest BCUT2D eigenvalue weighted by Crippen LogP contribution is 2.25. The van der Waals surface area contributed by atoms with Crippen LogP contribution in [0.15, 0.2) is 58.7 Å². The number of hydrogen-bond donors (Lipinski definition) is 0. The molecule has 0 saturated carbocycles. The van der Waals surface area contributed by atoms with Gasteiger partial charge in [-0.15, -0.1) is 0 Å². The Morgan fingerprint density at radius 2 is 1.21 bits per heavy atom. The normalized spacial score (nSPS) is 10.4. The van der Waals surface area contributed by atoms with E-state index in [0.29, 0.717) is 6.42 Å². The summed E-state index contributed by atoms with van der Waals surface area (Å²) in [5, 5.41) is 0. The molecule has 0 atom stereocenters. The molecular weight excluding hydrogens is 340 g/mol. The number of ketones is 1. The fraction of sp³-hybridized carbons (Fsp3) is 0.444. The average Bonchev–Trinajstić information content (AvgIpc) is 2.57. The highest BCUT2D eigenvalue weighted by molar-refractivity contribution is 5.99. The van der Waals surface area contributed by atoms with Crippen LogP contribution in [0.25, 0.3) is 0 Å². The number of carbonyl (C=O) groups excluding carboxylic acids is 1. The first-order chi connectivity index (χ1) is 12.9. The van der Waals surface area contributed by atoms with Crippen LogP contribution in [0.1, 0.15) is 87.9 Å². The Labute approximate surface area is 172 Å². The van der Waals surface area contributed by atoms with Crippen LogP contribution < -0.4 is 0 Å². The van der Waals surface area contributed by atoms with Crippen LogP contribution >= 0.6 is 0 Å². The minimum absolute atomic E-state index is 0.163. The van der Waals surface area contributed by atoms with Crippen molar-refractivity contribution in [2.24, 2.45) is 0 Å². The van der Waals surface area contributed by atoms with Gasteiger partial charge < -0.3 is 0 Å². The number of allylic oxidation sites excluding steroid dienone is 6. The lowest BCUT2D eigenvalue weighted by Gasteiger charge is -2.15. The topological polar surface area (TPSA) is 17.1 Å². The number of benzene rings is 1. The summed E-state index contributed by atoms with van der Waals surface area (Å²) >= 11 is 0. The van der Waals surface area contributed by atoms with Gasteiger partial charge in [0.1, 0.15) is 0 Å². The van der Waals surface area contributed by atoms with E-state index >= 15 is 0 Å². The molecule has 1 rings (SSSR count). The Bertz CT molecular complexity index is 835. The molecule has 0 amide bonds. The molecule has 0 unspecified atom stereocenters. The number of aryl methyl sites for hydroxylation is 2. The predicted octanol–water partition coefficient (Wildman–Crippen LogP) is 8.02. The molecule has 0 spiro atoms. The molecule has 0 aliphatic carbocycles. The summed E-state index contributed by atoms with van der Waals surface area (Å²) in [6, 6.07) is 4.21. The summed E-state index contributed by atoms with van der Waals surface area (Å²) in [7, 11) is 0. The van der Waals surface area contributed by atoms with Crippen LogP contribution in [0.5, 0.6) is 0 Å². The van der Waals surface area contributed by atoms with Crippen molar-refractivity contribution in [3.8, 4) is 0 Å². The lowest BCUT2D eigenvalue weighted by molar-refractivity contribution is 0.0991. The van der Waals surface area contributed by atoms with Gasteiger partial charge in [0, 0.05) is 12.0 Å². The van der Waals surface area contributed by atoms with Crippen LogP contribution in [-0.4, -0.2) is 5.78 Å². The van der Waals surface area contributed by atoms with E-state index in [4.69, 9.17) is 0 Å². The molecule has 0 fully saturated rings. The molecule has 0 bridgehead atoms. The van der Waals surface area contributed by atoms with E-state index in [1.54, 1.807) is 0 Å². The number of carbonyl (C=O) groups is 1. The fourth-order valence-corrected chi connectivity index (χ4v) is 3.10. The van der Waals surface area contributed by atoms with Crippen molar-refractivity contribution in [2.75, 3.05) is 0 Å². The lowest BCUT2D eigenvalue weighted by Crippen LogP contribution is -2.08. The zero-order chi connectivity index (χ0) is 21.6. The molecule has 1 nitrogen and oxygen atoms in total. The second-order valence-electron chi connectivity index (χ2n) is 8.78. The molecule has 0 aliphatic heterocycles. The van der Waals surface area contributed by atoms with E-state index in [0.717, 1.165) is 47.1 Å². The van der Waals surface area contributed by atoms with Gasteiger partial charge in [-0.3, -0.25) is 4.79 Å². The van der Waals surface area contributed by atoms with Crippen LogP contribution in [0.3, 0.4) is 0 Å². The summed E-state index contributed by atoms with van der Waals surface area (Å²) in [5.74, 6) is 0.163. The molecular formula is C27H38O. The molecule has 1 aromatic carbocycles. The Hall–Kier alpha value is -2.15. The van der Waals surface area contributed by atoms with Crippen LogP contribution in [0.4, 0.5) is 0 Å². The molecule has 1 aromatic rings. The molecule has 0 aliphatic rings. The zero-order valence-electron chi connectivity index (χ0n) is 19.3. The largest absolute Gasteiger partial charge is 0.294 e. The monoisotopic (exact) mass is 378 g/mol. The van der Waals surface area contributed by atoms with Gasteiger partial charge in [0.15, 0.2) is 5.78 Å². The molecule has 0 saturated heterocycles. The van der Waals surface area contributed by atoms with Crippen LogP contribution in [0, 0.1) is 13.8 Å². The van der Waals surface area contributed by atoms with Crippen molar-refractivity contribution in [3.63, 3.8) is 0 Å². The first-order valence-corrected chi connectivity index (χ1v) is 10.1. The fourth-order valence-electron chi connectivity index (χ4n) is 3.10. The van der Waals surface area contributed by atoms with Crippen molar-refractivity contribution in [2.45, 2.75) is 81.1 Å². The number of rotatable bonds is 9. The van der Waals surface area contributed by atoms with Gasteiger partial charge in [-0.2, -0.15) is 0 Å². The molecule has 28 heavy (non-hydrogen) atoms. The van der Waals surface area contributed by atoms with Crippen molar-refractivity contribution in [3.05, 3.63) is 81.0 Å². The summed E-state index contributed by atoms with van der Waals surface area (Å²) in [4.78, 5) is 13.1. The predicted molar refractivity (Wildman–Crippen MR) is 124 cm³/mol. The third-order valence-corrected chi connectivity index (χ3v) is 5.61. The van der Waals surface area contributed by atoms with E-state index in [9.17, 15) is 4.79 Å². The van der Waals surface area contributed by atoms with E-state index in [-0.39, 0.29) is 5.78 Å². The van der Waals surface area contributed by atoms with Gasteiger partial charge in [0.25, 0.3) is 0 Å². The minimum Gasteiger partial charge on any atom is -0.294 e.